The van der Waals surface area contributed by atoms with Gasteiger partial charge < -0.3 is 9.47 Å². The third kappa shape index (κ3) is 4.27. The Balaban J connectivity index is 1.73. The van der Waals surface area contributed by atoms with E-state index in [2.05, 4.69) is 20.7 Å². The molecular weight excluding hydrogens is 403 g/mol. The summed E-state index contributed by atoms with van der Waals surface area (Å²) < 4.78 is 10.5. The van der Waals surface area contributed by atoms with Crippen molar-refractivity contribution in [2.45, 2.75) is 0 Å². The van der Waals surface area contributed by atoms with Gasteiger partial charge in [0.1, 0.15) is 5.69 Å². The summed E-state index contributed by atoms with van der Waals surface area (Å²) in [7, 11) is 3.11. The zero-order valence-electron chi connectivity index (χ0n) is 15.0. The average molecular weight is 419 g/mol. The highest BCUT2D eigenvalue weighted by Crippen LogP contribution is 2.31. The van der Waals surface area contributed by atoms with Crippen LogP contribution in [0.25, 0.3) is 11.3 Å². The SMILES string of the molecule is COc1ccc(-c2cc(C(=O)N/N=C\c3c(Cl)cccc3Cl)[nH]n2)cc1OC. The van der Waals surface area contributed by atoms with Crippen LogP contribution in [-0.4, -0.2) is 36.5 Å². The standard InChI is InChI=1S/C19H16Cl2N4O3/c1-27-17-7-6-11(8-18(17)28-2)15-9-16(24-23-15)19(26)25-22-10-12-13(20)4-3-5-14(12)21/h3-10H,1-2H3,(H,23,24)(H,25,26)/b22-10-. The molecule has 0 aliphatic heterocycles. The highest BCUT2D eigenvalue weighted by atomic mass is 35.5. The lowest BCUT2D eigenvalue weighted by Crippen LogP contribution is -2.18. The van der Waals surface area contributed by atoms with E-state index in [1.807, 2.05) is 6.07 Å². The van der Waals surface area contributed by atoms with Crippen LogP contribution in [-0.2, 0) is 0 Å². The van der Waals surface area contributed by atoms with Crippen LogP contribution in [0.1, 0.15) is 16.1 Å². The number of carbonyl (C=O) groups is 1. The van der Waals surface area contributed by atoms with Gasteiger partial charge in [-0.3, -0.25) is 9.89 Å². The first-order chi connectivity index (χ1) is 13.5. The monoisotopic (exact) mass is 418 g/mol. The molecule has 0 aliphatic rings. The number of nitrogens with one attached hydrogen (secondary N) is 2. The van der Waals surface area contributed by atoms with Crippen molar-refractivity contribution in [1.29, 1.82) is 0 Å². The van der Waals surface area contributed by atoms with Crippen LogP contribution in [0.3, 0.4) is 0 Å². The van der Waals surface area contributed by atoms with E-state index in [9.17, 15) is 4.79 Å². The predicted octanol–water partition coefficient (Wildman–Crippen LogP) is 4.16. The molecule has 28 heavy (non-hydrogen) atoms. The van der Waals surface area contributed by atoms with Gasteiger partial charge in [-0.15, -0.1) is 0 Å². The predicted molar refractivity (Wildman–Crippen MR) is 109 cm³/mol. The Hall–Kier alpha value is -3.03. The number of hydrogen-bond donors (Lipinski definition) is 2. The Kier molecular flexibility index (Phi) is 6.18. The molecule has 0 unspecified atom stereocenters. The van der Waals surface area contributed by atoms with Crippen LogP contribution in [0.15, 0.2) is 47.6 Å². The van der Waals surface area contributed by atoms with Crippen LogP contribution >= 0.6 is 23.2 Å². The van der Waals surface area contributed by atoms with Crippen LogP contribution < -0.4 is 14.9 Å². The van der Waals surface area contributed by atoms with Gasteiger partial charge in [0.15, 0.2) is 11.5 Å². The summed E-state index contributed by atoms with van der Waals surface area (Å²) >= 11 is 12.1. The summed E-state index contributed by atoms with van der Waals surface area (Å²) in [6.07, 6.45) is 1.38. The molecule has 0 spiro atoms. The lowest BCUT2D eigenvalue weighted by molar-refractivity contribution is 0.0950. The zero-order chi connectivity index (χ0) is 20.1. The molecule has 2 N–H and O–H groups in total. The molecule has 0 saturated carbocycles. The van der Waals surface area contributed by atoms with Gasteiger partial charge in [0.2, 0.25) is 0 Å². The van der Waals surface area contributed by atoms with Crippen molar-refractivity contribution in [3.63, 3.8) is 0 Å². The molecule has 0 atom stereocenters. The van der Waals surface area contributed by atoms with Crippen molar-refractivity contribution < 1.29 is 14.3 Å². The van der Waals surface area contributed by atoms with Gasteiger partial charge in [-0.1, -0.05) is 29.3 Å². The number of H-pyrrole nitrogens is 1. The first kappa shape index (κ1) is 19.7. The van der Waals surface area contributed by atoms with Gasteiger partial charge in [-0.25, -0.2) is 5.43 Å². The molecule has 1 amide bonds. The highest BCUT2D eigenvalue weighted by molar-refractivity contribution is 6.38. The first-order valence-corrected chi connectivity index (χ1v) is 8.84. The Labute approximate surface area is 171 Å². The van der Waals surface area contributed by atoms with E-state index >= 15 is 0 Å². The molecule has 144 valence electrons. The minimum absolute atomic E-state index is 0.243. The second-order valence-electron chi connectivity index (χ2n) is 5.57. The number of aromatic nitrogens is 2. The molecule has 0 bridgehead atoms. The lowest BCUT2D eigenvalue weighted by atomic mass is 10.1. The highest BCUT2D eigenvalue weighted by Gasteiger charge is 2.13. The molecule has 7 nitrogen and oxygen atoms in total. The second-order valence-corrected chi connectivity index (χ2v) is 6.39. The first-order valence-electron chi connectivity index (χ1n) is 8.08. The normalized spacial score (nSPS) is 10.9. The lowest BCUT2D eigenvalue weighted by Gasteiger charge is -2.08. The van der Waals surface area contributed by atoms with Crippen molar-refractivity contribution in [1.82, 2.24) is 15.6 Å². The summed E-state index contributed by atoms with van der Waals surface area (Å²) in [5, 5.41) is 11.6. The Morgan fingerprint density at radius 3 is 2.50 bits per heavy atom. The summed E-state index contributed by atoms with van der Waals surface area (Å²) in [4.78, 5) is 12.3. The number of ether oxygens (including phenoxy) is 2. The van der Waals surface area contributed by atoms with Gasteiger partial charge in [0.05, 0.1) is 36.2 Å². The Bertz CT molecular complexity index is 1010. The molecule has 0 saturated heterocycles. The summed E-state index contributed by atoms with van der Waals surface area (Å²) in [6, 6.07) is 12.0. The molecular formula is C19H16Cl2N4O3. The van der Waals surface area contributed by atoms with E-state index in [0.29, 0.717) is 32.8 Å². The van der Waals surface area contributed by atoms with E-state index in [0.717, 1.165) is 5.56 Å². The summed E-state index contributed by atoms with van der Waals surface area (Å²) in [6.45, 7) is 0. The second kappa shape index (κ2) is 8.77. The number of benzene rings is 2. The topological polar surface area (TPSA) is 88.6 Å². The number of halogens is 2. The number of carbonyl (C=O) groups excluding carboxylic acids is 1. The minimum atomic E-state index is -0.460. The van der Waals surface area contributed by atoms with Gasteiger partial charge in [0, 0.05) is 11.1 Å². The maximum absolute atomic E-state index is 12.3. The average Bonchev–Trinajstić information content (AvgIpc) is 3.20. The van der Waals surface area contributed by atoms with Crippen molar-refractivity contribution in [3.05, 3.63) is 63.8 Å². The van der Waals surface area contributed by atoms with Crippen LogP contribution in [0.2, 0.25) is 10.0 Å². The van der Waals surface area contributed by atoms with E-state index in [1.54, 1.807) is 50.6 Å². The molecule has 2 aromatic carbocycles. The number of rotatable bonds is 6. The van der Waals surface area contributed by atoms with E-state index < -0.39 is 5.91 Å². The molecule has 3 aromatic rings. The van der Waals surface area contributed by atoms with Crippen molar-refractivity contribution in [2.75, 3.05) is 14.2 Å². The van der Waals surface area contributed by atoms with Crippen molar-refractivity contribution in [3.8, 4) is 22.8 Å². The van der Waals surface area contributed by atoms with Gasteiger partial charge >= 0.3 is 0 Å². The molecule has 0 aliphatic carbocycles. The van der Waals surface area contributed by atoms with Crippen LogP contribution in [0.5, 0.6) is 11.5 Å². The molecule has 0 radical (unpaired) electrons. The van der Waals surface area contributed by atoms with Crippen LogP contribution in [0.4, 0.5) is 0 Å². The van der Waals surface area contributed by atoms with Crippen molar-refractivity contribution in [2.24, 2.45) is 5.10 Å². The van der Waals surface area contributed by atoms with Crippen molar-refractivity contribution >= 4 is 35.3 Å². The smallest absolute Gasteiger partial charge is 0.289 e. The number of hydrogen-bond acceptors (Lipinski definition) is 5. The number of hydrazone groups is 1. The molecule has 1 aromatic heterocycles. The fraction of sp³-hybridized carbons (Fsp3) is 0.105. The van der Waals surface area contributed by atoms with E-state index in [-0.39, 0.29) is 5.69 Å². The molecule has 0 fully saturated rings. The number of nitrogens with zero attached hydrogens (tertiary/aromatic N) is 2. The van der Waals surface area contributed by atoms with Crippen LogP contribution in [0, 0.1) is 0 Å². The largest absolute Gasteiger partial charge is 0.493 e. The Morgan fingerprint density at radius 2 is 1.82 bits per heavy atom. The van der Waals surface area contributed by atoms with Gasteiger partial charge in [-0.2, -0.15) is 10.2 Å². The van der Waals surface area contributed by atoms with E-state index in [1.165, 1.54) is 6.21 Å². The van der Waals surface area contributed by atoms with Gasteiger partial charge in [-0.05, 0) is 36.4 Å². The number of aromatic amines is 1. The maximum Gasteiger partial charge on any atom is 0.289 e. The number of methoxy groups -OCH3 is 2. The number of amides is 1. The van der Waals surface area contributed by atoms with Gasteiger partial charge in [0.25, 0.3) is 5.91 Å². The quantitative estimate of drug-likeness (QED) is 0.464. The molecule has 3 rings (SSSR count). The maximum atomic E-state index is 12.3. The molecule has 1 heterocycles. The third-order valence-electron chi connectivity index (χ3n) is 3.86. The fourth-order valence-electron chi connectivity index (χ4n) is 2.43. The third-order valence-corrected chi connectivity index (χ3v) is 4.52. The fourth-order valence-corrected chi connectivity index (χ4v) is 2.93. The van der Waals surface area contributed by atoms with E-state index in [4.69, 9.17) is 32.7 Å². The summed E-state index contributed by atoms with van der Waals surface area (Å²) in [5.41, 5.74) is 4.50. The molecule has 9 heteroatoms. The minimum Gasteiger partial charge on any atom is -0.493 e. The summed E-state index contributed by atoms with van der Waals surface area (Å²) in [5.74, 6) is 0.709. The zero-order valence-corrected chi connectivity index (χ0v) is 16.5. The Morgan fingerprint density at radius 1 is 1.11 bits per heavy atom.